The SMILES string of the molecule is CNC(=O)n1c(C)cc2cc(Nc3ccnc4cc(C(=O)N5CCCC5CO)sc34)ccc21. The van der Waals surface area contributed by atoms with Gasteiger partial charge in [0.15, 0.2) is 0 Å². The smallest absolute Gasteiger partial charge is 0.325 e. The molecule has 2 amide bonds. The minimum Gasteiger partial charge on any atom is -0.394 e. The minimum atomic E-state index is -0.170. The molecule has 0 aliphatic carbocycles. The molecule has 1 fully saturated rings. The van der Waals surface area contributed by atoms with Crippen LogP contribution in [0, 0.1) is 6.92 Å². The van der Waals surface area contributed by atoms with Gasteiger partial charge < -0.3 is 20.6 Å². The predicted molar refractivity (Wildman–Crippen MR) is 131 cm³/mol. The largest absolute Gasteiger partial charge is 0.394 e. The van der Waals surface area contributed by atoms with Crippen LogP contribution >= 0.6 is 11.3 Å². The molecule has 0 spiro atoms. The number of nitrogens with one attached hydrogen (secondary N) is 2. The number of aryl methyl sites for hydroxylation is 1. The average molecular weight is 464 g/mol. The van der Waals surface area contributed by atoms with Gasteiger partial charge in [-0.3, -0.25) is 14.3 Å². The van der Waals surface area contributed by atoms with Crippen molar-refractivity contribution in [2.24, 2.45) is 0 Å². The lowest BCUT2D eigenvalue weighted by atomic mass is 10.2. The first kappa shape index (κ1) is 21.4. The van der Waals surface area contributed by atoms with Gasteiger partial charge in [-0.05, 0) is 56.2 Å². The molecule has 8 nitrogen and oxygen atoms in total. The number of carbonyl (C=O) groups excluding carboxylic acids is 2. The van der Waals surface area contributed by atoms with Crippen molar-refractivity contribution in [3.8, 4) is 0 Å². The van der Waals surface area contributed by atoms with Crippen LogP contribution in [-0.2, 0) is 0 Å². The first-order chi connectivity index (χ1) is 16.0. The predicted octanol–water partition coefficient (Wildman–Crippen LogP) is 4.09. The fraction of sp³-hybridized carbons (Fsp3) is 0.292. The summed E-state index contributed by atoms with van der Waals surface area (Å²) in [5.41, 5.74) is 4.20. The van der Waals surface area contributed by atoms with Gasteiger partial charge in [-0.15, -0.1) is 11.3 Å². The number of aromatic nitrogens is 2. The second-order valence-corrected chi connectivity index (χ2v) is 9.29. The van der Waals surface area contributed by atoms with E-state index in [2.05, 4.69) is 15.6 Å². The zero-order valence-electron chi connectivity index (χ0n) is 18.5. The standard InChI is InChI=1S/C24H25N5O3S/c1-14-10-15-11-16(5-6-20(15)29(14)24(32)25-2)27-18-7-8-26-19-12-21(33-22(18)19)23(31)28-9-3-4-17(28)13-30/h5-8,10-12,17,30H,3-4,9,13H2,1-2H3,(H,25,32)(H,26,27). The lowest BCUT2D eigenvalue weighted by Crippen LogP contribution is -2.37. The van der Waals surface area contributed by atoms with Crippen molar-refractivity contribution in [1.82, 2.24) is 19.8 Å². The monoisotopic (exact) mass is 463 g/mol. The molecule has 4 aromatic rings. The van der Waals surface area contributed by atoms with E-state index in [9.17, 15) is 14.7 Å². The van der Waals surface area contributed by atoms with Crippen LogP contribution in [0.25, 0.3) is 21.1 Å². The van der Waals surface area contributed by atoms with E-state index in [1.165, 1.54) is 11.3 Å². The maximum Gasteiger partial charge on any atom is 0.325 e. The second-order valence-electron chi connectivity index (χ2n) is 8.24. The number of amides is 2. The summed E-state index contributed by atoms with van der Waals surface area (Å²) < 4.78 is 2.55. The average Bonchev–Trinajstić information content (AvgIpc) is 3.54. The van der Waals surface area contributed by atoms with Crippen LogP contribution in [0.4, 0.5) is 16.2 Å². The fourth-order valence-electron chi connectivity index (χ4n) is 4.54. The number of thiophene rings is 1. The summed E-state index contributed by atoms with van der Waals surface area (Å²) in [4.78, 5) is 32.1. The highest BCUT2D eigenvalue weighted by atomic mass is 32.1. The zero-order valence-corrected chi connectivity index (χ0v) is 19.3. The summed E-state index contributed by atoms with van der Waals surface area (Å²) in [7, 11) is 1.62. The van der Waals surface area contributed by atoms with Gasteiger partial charge in [0, 0.05) is 36.6 Å². The quantitative estimate of drug-likeness (QED) is 0.423. The Morgan fingerprint density at radius 1 is 1.24 bits per heavy atom. The molecule has 1 aromatic carbocycles. The Hall–Kier alpha value is -3.43. The molecule has 0 radical (unpaired) electrons. The number of nitrogens with zero attached hydrogens (tertiary/aromatic N) is 3. The Balaban J connectivity index is 1.46. The Morgan fingerprint density at radius 2 is 2.09 bits per heavy atom. The van der Waals surface area contributed by atoms with Crippen molar-refractivity contribution in [1.29, 1.82) is 0 Å². The van der Waals surface area contributed by atoms with E-state index < -0.39 is 0 Å². The van der Waals surface area contributed by atoms with Gasteiger partial charge in [-0.2, -0.15) is 0 Å². The Bertz CT molecular complexity index is 1380. The van der Waals surface area contributed by atoms with Crippen LogP contribution in [0.3, 0.4) is 0 Å². The molecular weight excluding hydrogens is 438 g/mol. The van der Waals surface area contributed by atoms with Crippen LogP contribution in [-0.4, -0.2) is 57.7 Å². The number of fused-ring (bicyclic) bond motifs is 2. The topological polar surface area (TPSA) is 99.5 Å². The third-order valence-corrected chi connectivity index (χ3v) is 7.30. The van der Waals surface area contributed by atoms with E-state index in [1.807, 2.05) is 43.3 Å². The number of pyridine rings is 1. The van der Waals surface area contributed by atoms with Crippen molar-refractivity contribution in [3.05, 3.63) is 53.2 Å². The van der Waals surface area contributed by atoms with E-state index in [0.717, 1.165) is 51.0 Å². The number of hydrogen-bond donors (Lipinski definition) is 3. The summed E-state index contributed by atoms with van der Waals surface area (Å²) in [5.74, 6) is -0.0482. The highest BCUT2D eigenvalue weighted by Crippen LogP contribution is 2.35. The second kappa shape index (κ2) is 8.49. The lowest BCUT2D eigenvalue weighted by Gasteiger charge is -2.22. The third kappa shape index (κ3) is 3.73. The van der Waals surface area contributed by atoms with Crippen molar-refractivity contribution >= 4 is 55.8 Å². The van der Waals surface area contributed by atoms with Gasteiger partial charge in [-0.1, -0.05) is 0 Å². The van der Waals surface area contributed by atoms with Gasteiger partial charge in [-0.25, -0.2) is 4.79 Å². The van der Waals surface area contributed by atoms with Crippen LogP contribution in [0.5, 0.6) is 0 Å². The number of aliphatic hydroxyl groups is 1. The molecule has 0 saturated carbocycles. The molecule has 4 heterocycles. The number of anilines is 2. The maximum absolute atomic E-state index is 13.1. The van der Waals surface area contributed by atoms with Crippen LogP contribution in [0.2, 0.25) is 0 Å². The van der Waals surface area contributed by atoms with Crippen molar-refractivity contribution in [3.63, 3.8) is 0 Å². The molecule has 1 unspecified atom stereocenters. The summed E-state index contributed by atoms with van der Waals surface area (Å²) >= 11 is 1.41. The Labute approximate surface area is 194 Å². The van der Waals surface area contributed by atoms with Crippen LogP contribution < -0.4 is 10.6 Å². The molecule has 1 atom stereocenters. The molecule has 9 heteroatoms. The number of aliphatic hydroxyl groups excluding tert-OH is 1. The van der Waals surface area contributed by atoms with E-state index in [4.69, 9.17) is 0 Å². The number of rotatable bonds is 4. The van der Waals surface area contributed by atoms with Gasteiger partial charge in [0.1, 0.15) is 0 Å². The molecule has 1 aliphatic heterocycles. The first-order valence-electron chi connectivity index (χ1n) is 10.9. The van der Waals surface area contributed by atoms with Gasteiger partial charge in [0.25, 0.3) is 5.91 Å². The molecule has 3 aromatic heterocycles. The molecule has 3 N–H and O–H groups in total. The van der Waals surface area contributed by atoms with E-state index in [0.29, 0.717) is 11.4 Å². The molecule has 33 heavy (non-hydrogen) atoms. The third-order valence-electron chi connectivity index (χ3n) is 6.15. The number of benzene rings is 1. The molecule has 1 aliphatic rings. The van der Waals surface area contributed by atoms with E-state index in [1.54, 1.807) is 22.7 Å². The number of carbonyl (C=O) groups is 2. The van der Waals surface area contributed by atoms with Crippen LogP contribution in [0.15, 0.2) is 42.6 Å². The zero-order chi connectivity index (χ0) is 23.1. The van der Waals surface area contributed by atoms with Crippen molar-refractivity contribution < 1.29 is 14.7 Å². The minimum absolute atomic E-state index is 0.00865. The first-order valence-corrected chi connectivity index (χ1v) is 11.7. The Morgan fingerprint density at radius 3 is 2.88 bits per heavy atom. The van der Waals surface area contributed by atoms with E-state index >= 15 is 0 Å². The lowest BCUT2D eigenvalue weighted by molar-refractivity contribution is 0.0682. The maximum atomic E-state index is 13.1. The van der Waals surface area contributed by atoms with Crippen LogP contribution in [0.1, 0.15) is 28.2 Å². The molecule has 1 saturated heterocycles. The number of hydrogen-bond acceptors (Lipinski definition) is 6. The molecular formula is C24H25N5O3S. The normalized spacial score (nSPS) is 16.0. The highest BCUT2D eigenvalue weighted by molar-refractivity contribution is 7.21. The summed E-state index contributed by atoms with van der Waals surface area (Å²) in [6, 6.07) is 11.3. The molecule has 170 valence electrons. The molecule has 0 bridgehead atoms. The fourth-order valence-corrected chi connectivity index (χ4v) is 5.58. The summed E-state index contributed by atoms with van der Waals surface area (Å²) in [6.45, 7) is 2.57. The number of likely N-dealkylation sites (tertiary alicyclic amines) is 1. The summed E-state index contributed by atoms with van der Waals surface area (Å²) in [5, 5.41) is 16.7. The Kier molecular flexibility index (Phi) is 5.51. The van der Waals surface area contributed by atoms with Crippen molar-refractivity contribution in [2.45, 2.75) is 25.8 Å². The molecule has 5 rings (SSSR count). The van der Waals surface area contributed by atoms with Gasteiger partial charge in [0.2, 0.25) is 0 Å². The van der Waals surface area contributed by atoms with Gasteiger partial charge >= 0.3 is 6.03 Å². The van der Waals surface area contributed by atoms with Gasteiger partial charge in [0.05, 0.1) is 38.9 Å². The van der Waals surface area contributed by atoms with E-state index in [-0.39, 0.29) is 24.6 Å². The van der Waals surface area contributed by atoms with Crippen molar-refractivity contribution in [2.75, 3.05) is 25.5 Å². The highest BCUT2D eigenvalue weighted by Gasteiger charge is 2.30. The summed E-state index contributed by atoms with van der Waals surface area (Å²) in [6.07, 6.45) is 3.47.